The molecule has 0 saturated carbocycles. The Labute approximate surface area is 120 Å². The predicted octanol–water partition coefficient (Wildman–Crippen LogP) is 2.19. The van der Waals surface area contributed by atoms with Crippen molar-refractivity contribution in [3.63, 3.8) is 0 Å². The van der Waals surface area contributed by atoms with E-state index in [1.54, 1.807) is 6.08 Å². The molecule has 1 aliphatic carbocycles. The molecule has 102 valence electrons. The second kappa shape index (κ2) is 6.25. The highest BCUT2D eigenvalue weighted by Gasteiger charge is 2.25. The molecule has 1 aromatic rings. The van der Waals surface area contributed by atoms with E-state index in [1.807, 2.05) is 0 Å². The van der Waals surface area contributed by atoms with Gasteiger partial charge in [-0.25, -0.2) is 0 Å². The van der Waals surface area contributed by atoms with Gasteiger partial charge in [0, 0.05) is 10.6 Å². The summed E-state index contributed by atoms with van der Waals surface area (Å²) in [6, 6.07) is 0. The first kappa shape index (κ1) is 14.1. The molecule has 0 saturated heterocycles. The Morgan fingerprint density at radius 1 is 1.47 bits per heavy atom. The maximum atomic E-state index is 11.8. The summed E-state index contributed by atoms with van der Waals surface area (Å²) in [4.78, 5) is 24.5. The third-order valence-corrected chi connectivity index (χ3v) is 5.03. The van der Waals surface area contributed by atoms with Crippen LogP contribution in [0.3, 0.4) is 0 Å². The lowest BCUT2D eigenvalue weighted by Gasteiger charge is -2.05. The zero-order chi connectivity index (χ0) is 13.8. The van der Waals surface area contributed by atoms with Crippen LogP contribution in [-0.2, 0) is 17.6 Å². The van der Waals surface area contributed by atoms with E-state index in [0.29, 0.717) is 16.3 Å². The molecule has 3 N–H and O–H groups in total. The minimum atomic E-state index is -0.451. The lowest BCUT2D eigenvalue weighted by Crippen LogP contribution is -2.19. The Morgan fingerprint density at radius 2 is 2.26 bits per heavy atom. The highest BCUT2D eigenvalue weighted by atomic mass is 32.2. The van der Waals surface area contributed by atoms with E-state index in [1.165, 1.54) is 28.0 Å². The number of primary amides is 1. The van der Waals surface area contributed by atoms with E-state index in [4.69, 9.17) is 5.73 Å². The first-order valence-electron chi connectivity index (χ1n) is 6.06. The summed E-state index contributed by atoms with van der Waals surface area (Å²) in [5.74, 6) is 0.534. The smallest absolute Gasteiger partial charge is 0.251 e. The molecule has 4 nitrogen and oxygen atoms in total. The van der Waals surface area contributed by atoms with Crippen molar-refractivity contribution in [3.8, 4) is 0 Å². The van der Waals surface area contributed by atoms with E-state index in [0.717, 1.165) is 30.6 Å². The third kappa shape index (κ3) is 3.19. The minimum absolute atomic E-state index is 0.103. The Morgan fingerprint density at radius 3 is 2.95 bits per heavy atom. The standard InChI is InChI=1S/C13H16N2O2S2/c1-2-6-18-7-10(16)15-13-11(12(14)17)8-4-3-5-9(8)19-13/h2H,1,3-7H2,(H2,14,17)(H,15,16). The third-order valence-electron chi connectivity index (χ3n) is 2.89. The Bertz CT molecular complexity index is 523. The zero-order valence-electron chi connectivity index (χ0n) is 10.5. The van der Waals surface area contributed by atoms with E-state index in [2.05, 4.69) is 11.9 Å². The molecule has 0 aliphatic heterocycles. The maximum absolute atomic E-state index is 11.8. The number of thioether (sulfide) groups is 1. The summed E-state index contributed by atoms with van der Waals surface area (Å²) in [6.45, 7) is 3.60. The Balaban J connectivity index is 2.10. The molecule has 1 aromatic heterocycles. The van der Waals surface area contributed by atoms with Gasteiger partial charge in [-0.15, -0.1) is 29.7 Å². The number of anilines is 1. The van der Waals surface area contributed by atoms with Crippen molar-refractivity contribution in [2.24, 2.45) is 5.73 Å². The van der Waals surface area contributed by atoms with E-state index < -0.39 is 5.91 Å². The second-order valence-corrected chi connectivity index (χ2v) is 6.41. The average Bonchev–Trinajstić information content (AvgIpc) is 2.88. The molecule has 1 aliphatic rings. The number of nitrogens with one attached hydrogen (secondary N) is 1. The van der Waals surface area contributed by atoms with Crippen molar-refractivity contribution in [1.29, 1.82) is 0 Å². The average molecular weight is 296 g/mol. The van der Waals surface area contributed by atoms with Gasteiger partial charge in [-0.05, 0) is 24.8 Å². The number of fused-ring (bicyclic) bond motifs is 1. The van der Waals surface area contributed by atoms with Crippen LogP contribution in [0.4, 0.5) is 5.00 Å². The first-order chi connectivity index (χ1) is 9.13. The summed E-state index contributed by atoms with van der Waals surface area (Å²) >= 11 is 2.97. The van der Waals surface area contributed by atoms with Crippen LogP contribution < -0.4 is 11.1 Å². The molecule has 0 spiro atoms. The fourth-order valence-corrected chi connectivity index (χ4v) is 4.00. The van der Waals surface area contributed by atoms with E-state index in [9.17, 15) is 9.59 Å². The van der Waals surface area contributed by atoms with Gasteiger partial charge < -0.3 is 11.1 Å². The van der Waals surface area contributed by atoms with Gasteiger partial charge >= 0.3 is 0 Å². The summed E-state index contributed by atoms with van der Waals surface area (Å²) in [5, 5.41) is 3.42. The molecule has 0 aromatic carbocycles. The van der Waals surface area contributed by atoms with Gasteiger partial charge in [0.05, 0.1) is 11.3 Å². The molecule has 6 heteroatoms. The predicted molar refractivity (Wildman–Crippen MR) is 81.0 cm³/mol. The number of thiophene rings is 1. The zero-order valence-corrected chi connectivity index (χ0v) is 12.2. The molecule has 0 atom stereocenters. The summed E-state index contributed by atoms with van der Waals surface area (Å²) in [7, 11) is 0. The fourth-order valence-electron chi connectivity index (χ4n) is 2.15. The van der Waals surface area contributed by atoms with Crippen molar-refractivity contribution in [2.45, 2.75) is 19.3 Å². The highest BCUT2D eigenvalue weighted by Crippen LogP contribution is 2.38. The van der Waals surface area contributed by atoms with Crippen molar-refractivity contribution in [2.75, 3.05) is 16.8 Å². The van der Waals surface area contributed by atoms with Gasteiger partial charge in [0.25, 0.3) is 5.91 Å². The highest BCUT2D eigenvalue weighted by molar-refractivity contribution is 8.00. The molecule has 0 unspecified atom stereocenters. The number of amides is 2. The van der Waals surface area contributed by atoms with Gasteiger partial charge in [0.1, 0.15) is 5.00 Å². The minimum Gasteiger partial charge on any atom is -0.365 e. The van der Waals surface area contributed by atoms with Crippen molar-refractivity contribution < 1.29 is 9.59 Å². The lowest BCUT2D eigenvalue weighted by atomic mass is 10.1. The summed E-state index contributed by atoms with van der Waals surface area (Å²) in [5.41, 5.74) is 6.97. The van der Waals surface area contributed by atoms with Crippen LogP contribution in [0.2, 0.25) is 0 Å². The number of hydrogen-bond acceptors (Lipinski definition) is 4. The van der Waals surface area contributed by atoms with Gasteiger partial charge in [-0.1, -0.05) is 6.08 Å². The quantitative estimate of drug-likeness (QED) is 0.624. The fraction of sp³-hybridized carbons (Fsp3) is 0.385. The van der Waals surface area contributed by atoms with Crippen LogP contribution in [0, 0.1) is 0 Å². The van der Waals surface area contributed by atoms with Crippen LogP contribution in [0.15, 0.2) is 12.7 Å². The van der Waals surface area contributed by atoms with Crippen molar-refractivity contribution in [3.05, 3.63) is 28.7 Å². The van der Waals surface area contributed by atoms with Crippen LogP contribution in [0.1, 0.15) is 27.2 Å². The SMILES string of the molecule is C=CCSCC(=O)Nc1sc2c(c1C(N)=O)CCC2. The van der Waals surface area contributed by atoms with Gasteiger partial charge in [0.2, 0.25) is 5.91 Å². The molecule has 19 heavy (non-hydrogen) atoms. The lowest BCUT2D eigenvalue weighted by molar-refractivity contribution is -0.113. The molecular formula is C13H16N2O2S2. The second-order valence-electron chi connectivity index (χ2n) is 4.28. The van der Waals surface area contributed by atoms with Crippen LogP contribution >= 0.6 is 23.1 Å². The van der Waals surface area contributed by atoms with Crippen LogP contribution in [-0.4, -0.2) is 23.3 Å². The number of carbonyl (C=O) groups excluding carboxylic acids is 2. The topological polar surface area (TPSA) is 72.2 Å². The van der Waals surface area contributed by atoms with E-state index in [-0.39, 0.29) is 5.91 Å². The van der Waals surface area contributed by atoms with E-state index >= 15 is 0 Å². The van der Waals surface area contributed by atoms with Crippen LogP contribution in [0.25, 0.3) is 0 Å². The number of carbonyl (C=O) groups is 2. The van der Waals surface area contributed by atoms with Crippen LogP contribution in [0.5, 0.6) is 0 Å². The Hall–Kier alpha value is -1.27. The largest absolute Gasteiger partial charge is 0.365 e. The number of rotatable bonds is 6. The number of hydrogen-bond donors (Lipinski definition) is 2. The molecule has 0 fully saturated rings. The van der Waals surface area contributed by atoms with Gasteiger partial charge in [-0.2, -0.15) is 0 Å². The van der Waals surface area contributed by atoms with Crippen molar-refractivity contribution >= 4 is 39.9 Å². The molecule has 2 amide bonds. The molecular weight excluding hydrogens is 280 g/mol. The van der Waals surface area contributed by atoms with Gasteiger partial charge in [-0.3, -0.25) is 9.59 Å². The molecule has 2 rings (SSSR count). The number of aryl methyl sites for hydroxylation is 1. The monoisotopic (exact) mass is 296 g/mol. The molecule has 0 bridgehead atoms. The summed E-state index contributed by atoms with van der Waals surface area (Å²) < 4.78 is 0. The van der Waals surface area contributed by atoms with Crippen molar-refractivity contribution in [1.82, 2.24) is 0 Å². The maximum Gasteiger partial charge on any atom is 0.251 e. The first-order valence-corrected chi connectivity index (χ1v) is 8.03. The Kier molecular flexibility index (Phi) is 4.66. The molecule has 0 radical (unpaired) electrons. The van der Waals surface area contributed by atoms with Gasteiger partial charge in [0.15, 0.2) is 0 Å². The summed E-state index contributed by atoms with van der Waals surface area (Å²) in [6.07, 6.45) is 4.67. The normalized spacial score (nSPS) is 13.1. The molecule has 1 heterocycles. The number of nitrogens with two attached hydrogens (primary N) is 1.